The molecule has 1 spiro atoms. The standard InChI is InChI=1S/C22H34O5/c1-7-8-15-16-10-21(26-12-20(4,5)13-27-21)11-17(16)22(18(15)23,9-14(2)3)19(24)25-6/h7,15-18,23H,1-2,8-13H2,3-6H3/t15-,16-,17-,18+,22-/m0/s1. The van der Waals surface area contributed by atoms with Crippen LogP contribution >= 0.6 is 0 Å². The Bertz CT molecular complexity index is 614. The quantitative estimate of drug-likeness (QED) is 0.586. The lowest BCUT2D eigenvalue weighted by molar-refractivity contribution is -0.300. The van der Waals surface area contributed by atoms with Gasteiger partial charge in [0.15, 0.2) is 5.79 Å². The zero-order valence-corrected chi connectivity index (χ0v) is 17.1. The van der Waals surface area contributed by atoms with Gasteiger partial charge in [0.25, 0.3) is 0 Å². The van der Waals surface area contributed by atoms with Crippen molar-refractivity contribution in [3.63, 3.8) is 0 Å². The second kappa shape index (κ2) is 7.02. The van der Waals surface area contributed by atoms with Gasteiger partial charge in [-0.3, -0.25) is 4.79 Å². The summed E-state index contributed by atoms with van der Waals surface area (Å²) in [4.78, 5) is 13.0. The summed E-state index contributed by atoms with van der Waals surface area (Å²) >= 11 is 0. The lowest BCUT2D eigenvalue weighted by Gasteiger charge is -2.44. The summed E-state index contributed by atoms with van der Waals surface area (Å²) in [5.41, 5.74) is -0.146. The number of carbonyl (C=O) groups is 1. The molecular formula is C22H34O5. The second-order valence-corrected chi connectivity index (χ2v) is 9.63. The van der Waals surface area contributed by atoms with Crippen molar-refractivity contribution in [3.05, 3.63) is 24.8 Å². The van der Waals surface area contributed by atoms with Crippen molar-refractivity contribution in [2.24, 2.45) is 28.6 Å². The van der Waals surface area contributed by atoms with E-state index in [1.165, 1.54) is 7.11 Å². The van der Waals surface area contributed by atoms with E-state index < -0.39 is 17.3 Å². The predicted molar refractivity (Wildman–Crippen MR) is 103 cm³/mol. The van der Waals surface area contributed by atoms with Crippen LogP contribution in [0.15, 0.2) is 24.8 Å². The summed E-state index contributed by atoms with van der Waals surface area (Å²) in [6.07, 6.45) is 3.40. The highest BCUT2D eigenvalue weighted by Crippen LogP contribution is 2.64. The van der Waals surface area contributed by atoms with Crippen LogP contribution < -0.4 is 0 Å². The number of ether oxygens (including phenoxy) is 3. The van der Waals surface area contributed by atoms with E-state index in [9.17, 15) is 9.90 Å². The predicted octanol–water partition coefficient (Wildman–Crippen LogP) is 3.47. The van der Waals surface area contributed by atoms with Crippen LogP contribution in [-0.4, -0.2) is 43.3 Å². The molecule has 2 aliphatic carbocycles. The largest absolute Gasteiger partial charge is 0.468 e. The van der Waals surface area contributed by atoms with Gasteiger partial charge in [-0.2, -0.15) is 0 Å². The number of fused-ring (bicyclic) bond motifs is 1. The highest BCUT2D eigenvalue weighted by molar-refractivity contribution is 5.79. The van der Waals surface area contributed by atoms with E-state index in [1.807, 2.05) is 13.0 Å². The Morgan fingerprint density at radius 1 is 1.30 bits per heavy atom. The topological polar surface area (TPSA) is 65.0 Å². The molecule has 0 aromatic heterocycles. The molecule has 3 aliphatic rings. The van der Waals surface area contributed by atoms with Crippen LogP contribution in [0.4, 0.5) is 0 Å². The van der Waals surface area contributed by atoms with E-state index in [4.69, 9.17) is 14.2 Å². The number of esters is 1. The Labute approximate surface area is 162 Å². The molecule has 5 heteroatoms. The number of rotatable bonds is 5. The van der Waals surface area contributed by atoms with Gasteiger partial charge in [-0.05, 0) is 37.5 Å². The van der Waals surface area contributed by atoms with E-state index in [0.717, 1.165) is 5.57 Å². The Balaban J connectivity index is 1.99. The number of methoxy groups -OCH3 is 1. The Morgan fingerprint density at radius 3 is 2.44 bits per heavy atom. The molecule has 1 N–H and O–H groups in total. The maximum absolute atomic E-state index is 13.0. The summed E-state index contributed by atoms with van der Waals surface area (Å²) in [6.45, 7) is 15.3. The fourth-order valence-corrected chi connectivity index (χ4v) is 5.66. The van der Waals surface area contributed by atoms with Gasteiger partial charge in [0.1, 0.15) is 5.41 Å². The number of hydrogen-bond donors (Lipinski definition) is 1. The Hall–Kier alpha value is -1.17. The third kappa shape index (κ3) is 3.28. The molecule has 3 fully saturated rings. The molecule has 1 saturated heterocycles. The number of aliphatic hydroxyl groups is 1. The first-order chi connectivity index (χ1) is 12.6. The first-order valence-corrected chi connectivity index (χ1v) is 9.90. The van der Waals surface area contributed by atoms with E-state index in [0.29, 0.717) is 38.9 Å². The first-order valence-electron chi connectivity index (χ1n) is 9.90. The van der Waals surface area contributed by atoms with Gasteiger partial charge in [-0.25, -0.2) is 0 Å². The zero-order valence-electron chi connectivity index (χ0n) is 17.1. The van der Waals surface area contributed by atoms with Crippen LogP contribution in [-0.2, 0) is 19.0 Å². The van der Waals surface area contributed by atoms with Gasteiger partial charge in [-0.1, -0.05) is 25.5 Å². The molecule has 5 atom stereocenters. The maximum atomic E-state index is 13.0. The summed E-state index contributed by atoms with van der Waals surface area (Å²) in [7, 11) is 1.39. The fraction of sp³-hybridized carbons (Fsp3) is 0.773. The average Bonchev–Trinajstić information content (AvgIpc) is 3.07. The van der Waals surface area contributed by atoms with Gasteiger partial charge >= 0.3 is 5.97 Å². The Morgan fingerprint density at radius 2 is 1.93 bits per heavy atom. The van der Waals surface area contributed by atoms with Gasteiger partial charge < -0.3 is 19.3 Å². The minimum atomic E-state index is -0.998. The molecule has 0 radical (unpaired) electrons. The van der Waals surface area contributed by atoms with Crippen LogP contribution in [0.3, 0.4) is 0 Å². The van der Waals surface area contributed by atoms with Crippen molar-refractivity contribution in [2.75, 3.05) is 20.3 Å². The van der Waals surface area contributed by atoms with E-state index in [1.54, 1.807) is 0 Å². The molecular weight excluding hydrogens is 344 g/mol. The van der Waals surface area contributed by atoms with Crippen LogP contribution in [0.5, 0.6) is 0 Å². The van der Waals surface area contributed by atoms with Crippen molar-refractivity contribution >= 4 is 5.97 Å². The van der Waals surface area contributed by atoms with Gasteiger partial charge in [0.05, 0.1) is 26.4 Å². The third-order valence-electron chi connectivity index (χ3n) is 6.79. The van der Waals surface area contributed by atoms with Crippen LogP contribution in [0.2, 0.25) is 0 Å². The van der Waals surface area contributed by atoms with Gasteiger partial charge in [0.2, 0.25) is 0 Å². The molecule has 0 bridgehead atoms. The number of carbonyl (C=O) groups excluding carboxylic acids is 1. The summed E-state index contributed by atoms with van der Waals surface area (Å²) < 4.78 is 17.7. The van der Waals surface area contributed by atoms with Crippen LogP contribution in [0, 0.1) is 28.6 Å². The molecule has 5 nitrogen and oxygen atoms in total. The van der Waals surface area contributed by atoms with Crippen molar-refractivity contribution in [1.82, 2.24) is 0 Å². The smallest absolute Gasteiger partial charge is 0.315 e. The highest BCUT2D eigenvalue weighted by atomic mass is 16.7. The lowest BCUT2D eigenvalue weighted by atomic mass is 9.70. The molecule has 1 heterocycles. The van der Waals surface area contributed by atoms with Crippen molar-refractivity contribution in [3.8, 4) is 0 Å². The summed E-state index contributed by atoms with van der Waals surface area (Å²) in [5.74, 6) is -1.03. The average molecular weight is 379 g/mol. The van der Waals surface area contributed by atoms with Crippen LogP contribution in [0.25, 0.3) is 0 Å². The van der Waals surface area contributed by atoms with Gasteiger partial charge in [0, 0.05) is 18.3 Å². The van der Waals surface area contributed by atoms with Crippen molar-refractivity contribution in [2.45, 2.75) is 58.3 Å². The highest BCUT2D eigenvalue weighted by Gasteiger charge is 2.69. The molecule has 27 heavy (non-hydrogen) atoms. The van der Waals surface area contributed by atoms with E-state index in [-0.39, 0.29) is 29.1 Å². The minimum absolute atomic E-state index is 0.0138. The third-order valence-corrected chi connectivity index (χ3v) is 6.79. The summed E-state index contributed by atoms with van der Waals surface area (Å²) in [5, 5.41) is 11.3. The minimum Gasteiger partial charge on any atom is -0.468 e. The van der Waals surface area contributed by atoms with E-state index >= 15 is 0 Å². The first kappa shape index (κ1) is 20.6. The lowest BCUT2D eigenvalue weighted by Crippen LogP contribution is -2.50. The maximum Gasteiger partial charge on any atom is 0.315 e. The normalized spacial score (nSPS) is 39.1. The zero-order chi connectivity index (χ0) is 20.0. The second-order valence-electron chi connectivity index (χ2n) is 9.63. The fourth-order valence-electron chi connectivity index (χ4n) is 5.66. The molecule has 0 amide bonds. The molecule has 3 rings (SSSR count). The number of aliphatic hydroxyl groups excluding tert-OH is 1. The molecule has 152 valence electrons. The SMILES string of the molecule is C=CC[C@H]1[C@@H]2CC3(C[C@@H]2[C@](CC(=C)C)(C(=O)OC)[C@@H]1O)OCC(C)(C)CO3. The monoisotopic (exact) mass is 378 g/mol. The number of hydrogen-bond acceptors (Lipinski definition) is 5. The summed E-state index contributed by atoms with van der Waals surface area (Å²) in [6, 6.07) is 0. The molecule has 0 aromatic rings. The molecule has 1 aliphatic heterocycles. The van der Waals surface area contributed by atoms with Crippen molar-refractivity contribution < 1.29 is 24.1 Å². The molecule has 2 saturated carbocycles. The Kier molecular flexibility index (Phi) is 5.34. The van der Waals surface area contributed by atoms with Crippen molar-refractivity contribution in [1.29, 1.82) is 0 Å². The van der Waals surface area contributed by atoms with Gasteiger partial charge in [-0.15, -0.1) is 13.2 Å². The van der Waals surface area contributed by atoms with Crippen LogP contribution in [0.1, 0.15) is 46.5 Å². The van der Waals surface area contributed by atoms with E-state index in [2.05, 4.69) is 27.0 Å². The molecule has 0 aromatic carbocycles. The molecule has 0 unspecified atom stereocenters. The number of allylic oxidation sites excluding steroid dienone is 2.